The third-order valence-electron chi connectivity index (χ3n) is 3.38. The van der Waals surface area contributed by atoms with Gasteiger partial charge in [-0.25, -0.2) is 19.4 Å². The van der Waals surface area contributed by atoms with Crippen molar-refractivity contribution in [2.45, 2.75) is 20.8 Å². The number of nitrogens with one attached hydrogen (secondary N) is 3. The quantitative estimate of drug-likeness (QED) is 0.650. The maximum absolute atomic E-state index is 12.8. The molecule has 0 saturated heterocycles. The van der Waals surface area contributed by atoms with E-state index in [9.17, 15) is 14.0 Å². The first-order valence-corrected chi connectivity index (χ1v) is 8.04. The molecule has 10 heteroatoms. The standard InChI is InChI=1S/C16H20FN7O2/c1-4-19-7-11-13(18)14(9(2)3)23-24(15(11)26)8-12(25)22-16-20-5-10(17)6-21-16/h5-7,9,18-19H,4,8H2,1-3H3,(H,20,21,22,25)/b11-7+,18-13?. The van der Waals surface area contributed by atoms with Crippen molar-refractivity contribution in [3.05, 3.63) is 30.0 Å². The molecule has 2 rings (SSSR count). The number of halogens is 1. The molecule has 2 heterocycles. The third-order valence-corrected chi connectivity index (χ3v) is 3.38. The lowest BCUT2D eigenvalue weighted by molar-refractivity contribution is -0.131. The van der Waals surface area contributed by atoms with Crippen LogP contribution >= 0.6 is 0 Å². The smallest absolute Gasteiger partial charge is 0.278 e. The fraction of sp³-hybridized carbons (Fsp3) is 0.375. The maximum atomic E-state index is 12.8. The van der Waals surface area contributed by atoms with E-state index in [4.69, 9.17) is 5.41 Å². The number of hydrogen-bond acceptors (Lipinski definition) is 7. The molecule has 0 radical (unpaired) electrons. The molecule has 3 N–H and O–H groups in total. The number of carbonyl (C=O) groups is 2. The number of rotatable bonds is 6. The minimum Gasteiger partial charge on any atom is -0.390 e. The van der Waals surface area contributed by atoms with Crippen molar-refractivity contribution >= 4 is 29.2 Å². The van der Waals surface area contributed by atoms with E-state index in [0.717, 1.165) is 17.4 Å². The Morgan fingerprint density at radius 1 is 1.38 bits per heavy atom. The highest BCUT2D eigenvalue weighted by molar-refractivity contribution is 6.54. The summed E-state index contributed by atoms with van der Waals surface area (Å²) in [5, 5.41) is 18.6. The fourth-order valence-corrected chi connectivity index (χ4v) is 2.14. The molecule has 0 unspecified atom stereocenters. The number of hydrazone groups is 1. The molecule has 2 amide bonds. The lowest BCUT2D eigenvalue weighted by Crippen LogP contribution is -2.44. The Balaban J connectivity index is 2.19. The van der Waals surface area contributed by atoms with Crippen molar-refractivity contribution in [3.8, 4) is 0 Å². The van der Waals surface area contributed by atoms with Gasteiger partial charge in [-0.15, -0.1) is 0 Å². The summed E-state index contributed by atoms with van der Waals surface area (Å²) in [6, 6.07) is 0. The molecule has 0 atom stereocenters. The van der Waals surface area contributed by atoms with E-state index in [1.165, 1.54) is 6.20 Å². The molecule has 1 aliphatic rings. The zero-order valence-corrected chi connectivity index (χ0v) is 14.7. The molecule has 26 heavy (non-hydrogen) atoms. The van der Waals surface area contributed by atoms with Crippen molar-refractivity contribution < 1.29 is 14.0 Å². The van der Waals surface area contributed by atoms with E-state index in [2.05, 4.69) is 25.7 Å². The molecule has 0 aromatic carbocycles. The highest BCUT2D eigenvalue weighted by Crippen LogP contribution is 2.16. The van der Waals surface area contributed by atoms with Gasteiger partial charge in [-0.2, -0.15) is 5.10 Å². The fourth-order valence-electron chi connectivity index (χ4n) is 2.14. The van der Waals surface area contributed by atoms with Crippen LogP contribution in [0, 0.1) is 17.1 Å². The Hall–Kier alpha value is -3.17. The van der Waals surface area contributed by atoms with Crippen LogP contribution in [0.15, 0.2) is 29.3 Å². The second-order valence-electron chi connectivity index (χ2n) is 5.77. The van der Waals surface area contributed by atoms with Gasteiger partial charge in [0.05, 0.1) is 29.4 Å². The van der Waals surface area contributed by atoms with Crippen molar-refractivity contribution in [1.29, 1.82) is 5.41 Å². The summed E-state index contributed by atoms with van der Waals surface area (Å²) in [4.78, 5) is 32.0. The number of carbonyl (C=O) groups excluding carboxylic acids is 2. The van der Waals surface area contributed by atoms with E-state index < -0.39 is 17.6 Å². The minimum absolute atomic E-state index is 0.0319. The van der Waals surface area contributed by atoms with Gasteiger partial charge in [-0.05, 0) is 12.8 Å². The summed E-state index contributed by atoms with van der Waals surface area (Å²) >= 11 is 0. The number of hydrogen-bond donors (Lipinski definition) is 3. The van der Waals surface area contributed by atoms with Crippen LogP contribution in [0.25, 0.3) is 0 Å². The lowest BCUT2D eigenvalue weighted by atomic mass is 9.96. The van der Waals surface area contributed by atoms with Gasteiger partial charge in [0.25, 0.3) is 5.91 Å². The zero-order valence-electron chi connectivity index (χ0n) is 14.7. The monoisotopic (exact) mass is 361 g/mol. The van der Waals surface area contributed by atoms with E-state index >= 15 is 0 Å². The summed E-state index contributed by atoms with van der Waals surface area (Å²) in [6.07, 6.45) is 3.29. The third kappa shape index (κ3) is 4.47. The average molecular weight is 361 g/mol. The Morgan fingerprint density at radius 3 is 2.62 bits per heavy atom. The van der Waals surface area contributed by atoms with Crippen molar-refractivity contribution in [2.24, 2.45) is 11.0 Å². The van der Waals surface area contributed by atoms with Crippen LogP contribution in [-0.2, 0) is 9.59 Å². The van der Waals surface area contributed by atoms with E-state index in [-0.39, 0.29) is 29.7 Å². The predicted octanol–water partition coefficient (Wildman–Crippen LogP) is 0.922. The van der Waals surface area contributed by atoms with Crippen molar-refractivity contribution in [2.75, 3.05) is 18.4 Å². The molecule has 0 fully saturated rings. The van der Waals surface area contributed by atoms with Crippen LogP contribution in [0.3, 0.4) is 0 Å². The Morgan fingerprint density at radius 2 is 2.04 bits per heavy atom. The molecule has 138 valence electrons. The first-order valence-electron chi connectivity index (χ1n) is 8.04. The summed E-state index contributed by atoms with van der Waals surface area (Å²) in [5.41, 5.74) is 0.570. The molecule has 0 bridgehead atoms. The van der Waals surface area contributed by atoms with Gasteiger partial charge < -0.3 is 5.32 Å². The van der Waals surface area contributed by atoms with Gasteiger partial charge in [0, 0.05) is 12.7 Å². The molecule has 0 saturated carbocycles. The molecule has 0 aliphatic carbocycles. The predicted molar refractivity (Wildman–Crippen MR) is 94.1 cm³/mol. The molecule has 1 aliphatic heterocycles. The second-order valence-corrected chi connectivity index (χ2v) is 5.77. The normalized spacial score (nSPS) is 16.1. The van der Waals surface area contributed by atoms with Gasteiger partial charge in [0.2, 0.25) is 11.9 Å². The first kappa shape index (κ1) is 19.2. The molecular formula is C16H20FN7O2. The number of amides is 2. The minimum atomic E-state index is -0.628. The average Bonchev–Trinajstić information content (AvgIpc) is 2.59. The van der Waals surface area contributed by atoms with Crippen LogP contribution < -0.4 is 10.6 Å². The highest BCUT2D eigenvalue weighted by atomic mass is 19.1. The molecule has 0 spiro atoms. The number of aromatic nitrogens is 2. The SMILES string of the molecule is CCN/C=C1\C(=N)C(C(C)C)=NN(CC(=O)Nc2ncc(F)cn2)C1=O. The molecule has 1 aromatic heterocycles. The van der Waals surface area contributed by atoms with Crippen LogP contribution in [0.5, 0.6) is 0 Å². The Labute approximate surface area is 149 Å². The first-order chi connectivity index (χ1) is 12.3. The summed E-state index contributed by atoms with van der Waals surface area (Å²) < 4.78 is 12.8. The summed E-state index contributed by atoms with van der Waals surface area (Å²) in [7, 11) is 0. The second kappa shape index (κ2) is 8.28. The topological polar surface area (TPSA) is 123 Å². The van der Waals surface area contributed by atoms with Crippen molar-refractivity contribution in [3.63, 3.8) is 0 Å². The molecule has 9 nitrogen and oxygen atoms in total. The lowest BCUT2D eigenvalue weighted by Gasteiger charge is -2.27. The highest BCUT2D eigenvalue weighted by Gasteiger charge is 2.32. The zero-order chi connectivity index (χ0) is 19.3. The van der Waals surface area contributed by atoms with Gasteiger partial charge >= 0.3 is 0 Å². The van der Waals surface area contributed by atoms with E-state index in [1.54, 1.807) is 0 Å². The summed E-state index contributed by atoms with van der Waals surface area (Å²) in [5.74, 6) is -1.96. The summed E-state index contributed by atoms with van der Waals surface area (Å²) in [6.45, 7) is 5.75. The van der Waals surface area contributed by atoms with Gasteiger partial charge in [0.15, 0.2) is 5.82 Å². The van der Waals surface area contributed by atoms with Crippen molar-refractivity contribution in [1.82, 2.24) is 20.3 Å². The number of nitrogens with zero attached hydrogens (tertiary/aromatic N) is 4. The largest absolute Gasteiger partial charge is 0.390 e. The van der Waals surface area contributed by atoms with E-state index in [1.807, 2.05) is 20.8 Å². The van der Waals surface area contributed by atoms with Crippen LogP contribution in [0.2, 0.25) is 0 Å². The van der Waals surface area contributed by atoms with E-state index in [0.29, 0.717) is 12.3 Å². The van der Waals surface area contributed by atoms with Crippen LogP contribution in [-0.4, -0.2) is 51.3 Å². The van der Waals surface area contributed by atoms with Gasteiger partial charge in [-0.1, -0.05) is 13.8 Å². The Bertz CT molecular complexity index is 771. The molecule has 1 aromatic rings. The maximum Gasteiger partial charge on any atom is 0.278 e. The van der Waals surface area contributed by atoms with Crippen LogP contribution in [0.4, 0.5) is 10.3 Å². The molecular weight excluding hydrogens is 341 g/mol. The number of anilines is 1. The van der Waals surface area contributed by atoms with Crippen LogP contribution in [0.1, 0.15) is 20.8 Å². The van der Waals surface area contributed by atoms with Gasteiger partial charge in [0.1, 0.15) is 6.54 Å². The Kier molecular flexibility index (Phi) is 6.10. The van der Waals surface area contributed by atoms with Gasteiger partial charge in [-0.3, -0.25) is 20.3 Å².